The number of carbonyl (C=O) groups is 1. The van der Waals surface area contributed by atoms with Gasteiger partial charge in [-0.25, -0.2) is 0 Å². The molecule has 2 rings (SSSR count). The average Bonchev–Trinajstić information content (AvgIpc) is 2.45. The molecule has 0 spiro atoms. The second-order valence-electron chi connectivity index (χ2n) is 5.01. The molecular formula is C15H22N2O2. The first-order valence-corrected chi connectivity index (χ1v) is 6.95. The third-order valence-corrected chi connectivity index (χ3v) is 3.68. The summed E-state index contributed by atoms with van der Waals surface area (Å²) in [6.45, 7) is 3.28. The van der Waals surface area contributed by atoms with Crippen molar-refractivity contribution in [2.75, 3.05) is 13.2 Å². The fourth-order valence-corrected chi connectivity index (χ4v) is 2.40. The molecule has 2 atom stereocenters. The topological polar surface area (TPSA) is 64.4 Å². The second-order valence-corrected chi connectivity index (χ2v) is 5.01. The Morgan fingerprint density at radius 2 is 2.32 bits per heavy atom. The highest BCUT2D eigenvalue weighted by molar-refractivity contribution is 5.77. The minimum atomic E-state index is 0.0627. The largest absolute Gasteiger partial charge is 0.493 e. The maximum atomic E-state index is 12.0. The standard InChI is InChI=1S/C15H22N2O2/c1-2-11(10-16)9-15(18)17-13-7-8-19-14-6-4-3-5-12(13)14/h3-6,11,13H,2,7-10,16H2,1H3,(H,17,18). The highest BCUT2D eigenvalue weighted by Crippen LogP contribution is 2.31. The van der Waals surface area contributed by atoms with Gasteiger partial charge in [0.1, 0.15) is 5.75 Å². The van der Waals surface area contributed by atoms with Gasteiger partial charge in [-0.05, 0) is 18.5 Å². The zero-order chi connectivity index (χ0) is 13.7. The van der Waals surface area contributed by atoms with Crippen molar-refractivity contribution < 1.29 is 9.53 Å². The quantitative estimate of drug-likeness (QED) is 0.853. The van der Waals surface area contributed by atoms with Crippen LogP contribution in [0.2, 0.25) is 0 Å². The Kier molecular flexibility index (Phi) is 4.80. The molecule has 104 valence electrons. The third-order valence-electron chi connectivity index (χ3n) is 3.68. The molecule has 1 aromatic carbocycles. The zero-order valence-electron chi connectivity index (χ0n) is 11.4. The van der Waals surface area contributed by atoms with Gasteiger partial charge in [-0.3, -0.25) is 4.79 Å². The lowest BCUT2D eigenvalue weighted by molar-refractivity contribution is -0.122. The van der Waals surface area contributed by atoms with Crippen LogP contribution in [0, 0.1) is 5.92 Å². The summed E-state index contributed by atoms with van der Waals surface area (Å²) in [6.07, 6.45) is 2.27. The molecule has 3 N–H and O–H groups in total. The van der Waals surface area contributed by atoms with E-state index >= 15 is 0 Å². The molecule has 0 aromatic heterocycles. The highest BCUT2D eigenvalue weighted by Gasteiger charge is 2.23. The van der Waals surface area contributed by atoms with E-state index in [1.807, 2.05) is 24.3 Å². The molecular weight excluding hydrogens is 240 g/mol. The molecule has 4 heteroatoms. The number of nitrogens with two attached hydrogens (primary N) is 1. The number of para-hydroxylation sites is 1. The maximum absolute atomic E-state index is 12.0. The number of fused-ring (bicyclic) bond motifs is 1. The highest BCUT2D eigenvalue weighted by atomic mass is 16.5. The van der Waals surface area contributed by atoms with E-state index in [-0.39, 0.29) is 17.9 Å². The first-order valence-electron chi connectivity index (χ1n) is 6.95. The molecule has 1 aliphatic heterocycles. The van der Waals surface area contributed by atoms with Crippen LogP contribution in [0.5, 0.6) is 5.75 Å². The summed E-state index contributed by atoms with van der Waals surface area (Å²) in [5.41, 5.74) is 6.71. The Balaban J connectivity index is 1.99. The van der Waals surface area contributed by atoms with Crippen LogP contribution in [-0.4, -0.2) is 19.1 Å². The number of ether oxygens (including phenoxy) is 1. The molecule has 1 aromatic rings. The summed E-state index contributed by atoms with van der Waals surface area (Å²) in [7, 11) is 0. The van der Waals surface area contributed by atoms with Crippen molar-refractivity contribution in [1.82, 2.24) is 5.32 Å². The number of amides is 1. The van der Waals surface area contributed by atoms with Crippen LogP contribution in [0.15, 0.2) is 24.3 Å². The number of nitrogens with one attached hydrogen (secondary N) is 1. The molecule has 0 saturated heterocycles. The van der Waals surface area contributed by atoms with Gasteiger partial charge in [0.05, 0.1) is 12.6 Å². The van der Waals surface area contributed by atoms with E-state index in [0.717, 1.165) is 24.2 Å². The van der Waals surface area contributed by atoms with E-state index in [9.17, 15) is 4.79 Å². The second kappa shape index (κ2) is 6.57. The van der Waals surface area contributed by atoms with Gasteiger partial charge in [0.2, 0.25) is 5.91 Å². The Hall–Kier alpha value is -1.55. The Bertz CT molecular complexity index is 430. The van der Waals surface area contributed by atoms with Gasteiger partial charge in [-0.1, -0.05) is 31.5 Å². The summed E-state index contributed by atoms with van der Waals surface area (Å²) in [5.74, 6) is 1.24. The molecule has 1 aliphatic rings. The lowest BCUT2D eigenvalue weighted by Crippen LogP contribution is -2.34. The lowest BCUT2D eigenvalue weighted by atomic mass is 9.98. The van der Waals surface area contributed by atoms with Gasteiger partial charge in [-0.2, -0.15) is 0 Å². The summed E-state index contributed by atoms with van der Waals surface area (Å²) < 4.78 is 5.59. The Morgan fingerprint density at radius 3 is 3.05 bits per heavy atom. The molecule has 0 bridgehead atoms. The van der Waals surface area contributed by atoms with Crippen LogP contribution in [0.3, 0.4) is 0 Å². The normalized spacial score (nSPS) is 19.2. The zero-order valence-corrected chi connectivity index (χ0v) is 11.4. The Morgan fingerprint density at radius 1 is 1.53 bits per heavy atom. The summed E-state index contributed by atoms with van der Waals surface area (Å²) in [6, 6.07) is 7.95. The van der Waals surface area contributed by atoms with Crippen LogP contribution < -0.4 is 15.8 Å². The van der Waals surface area contributed by atoms with Crippen LogP contribution in [0.4, 0.5) is 0 Å². The SMILES string of the molecule is CCC(CN)CC(=O)NC1CCOc2ccccc21. The number of benzene rings is 1. The van der Waals surface area contributed by atoms with Crippen LogP contribution in [0.25, 0.3) is 0 Å². The fraction of sp³-hybridized carbons (Fsp3) is 0.533. The summed E-state index contributed by atoms with van der Waals surface area (Å²) in [4.78, 5) is 12.0. The van der Waals surface area contributed by atoms with Crippen molar-refractivity contribution in [3.63, 3.8) is 0 Å². The van der Waals surface area contributed by atoms with Crippen molar-refractivity contribution in [3.05, 3.63) is 29.8 Å². The molecule has 0 saturated carbocycles. The maximum Gasteiger partial charge on any atom is 0.220 e. The molecule has 1 amide bonds. The molecule has 2 unspecified atom stereocenters. The van der Waals surface area contributed by atoms with Crippen molar-refractivity contribution in [2.24, 2.45) is 11.7 Å². The smallest absolute Gasteiger partial charge is 0.220 e. The van der Waals surface area contributed by atoms with Crippen molar-refractivity contribution in [1.29, 1.82) is 0 Å². The van der Waals surface area contributed by atoms with Crippen molar-refractivity contribution in [3.8, 4) is 5.75 Å². The minimum Gasteiger partial charge on any atom is -0.493 e. The van der Waals surface area contributed by atoms with Crippen molar-refractivity contribution >= 4 is 5.91 Å². The molecule has 4 nitrogen and oxygen atoms in total. The average molecular weight is 262 g/mol. The molecule has 0 radical (unpaired) electrons. The van der Waals surface area contributed by atoms with Crippen LogP contribution >= 0.6 is 0 Å². The predicted octanol–water partition coefficient (Wildman–Crippen LogP) is 2.00. The number of hydrogen-bond acceptors (Lipinski definition) is 3. The lowest BCUT2D eigenvalue weighted by Gasteiger charge is -2.27. The van der Waals surface area contributed by atoms with Crippen LogP contribution in [-0.2, 0) is 4.79 Å². The minimum absolute atomic E-state index is 0.0627. The summed E-state index contributed by atoms with van der Waals surface area (Å²) in [5, 5.41) is 3.10. The van der Waals surface area contributed by atoms with Gasteiger partial charge in [-0.15, -0.1) is 0 Å². The van der Waals surface area contributed by atoms with Gasteiger partial charge in [0, 0.05) is 18.4 Å². The van der Waals surface area contributed by atoms with Crippen molar-refractivity contribution in [2.45, 2.75) is 32.2 Å². The molecule has 0 fully saturated rings. The van der Waals surface area contributed by atoms with E-state index in [1.54, 1.807) is 0 Å². The van der Waals surface area contributed by atoms with Crippen LogP contribution in [0.1, 0.15) is 37.8 Å². The Labute approximate surface area is 114 Å². The van der Waals surface area contributed by atoms with Gasteiger partial charge in [0.25, 0.3) is 0 Å². The first-order chi connectivity index (χ1) is 9.24. The van der Waals surface area contributed by atoms with Gasteiger partial charge >= 0.3 is 0 Å². The predicted molar refractivity (Wildman–Crippen MR) is 74.9 cm³/mol. The molecule has 1 heterocycles. The molecule has 0 aliphatic carbocycles. The van der Waals surface area contributed by atoms with E-state index < -0.39 is 0 Å². The first kappa shape index (κ1) is 13.9. The number of carbonyl (C=O) groups excluding carboxylic acids is 1. The van der Waals surface area contributed by atoms with Gasteiger partial charge in [0.15, 0.2) is 0 Å². The summed E-state index contributed by atoms with van der Waals surface area (Å²) >= 11 is 0. The number of hydrogen-bond donors (Lipinski definition) is 2. The van der Waals surface area contributed by atoms with E-state index in [0.29, 0.717) is 19.6 Å². The number of rotatable bonds is 5. The van der Waals surface area contributed by atoms with E-state index in [2.05, 4.69) is 12.2 Å². The fourth-order valence-electron chi connectivity index (χ4n) is 2.40. The van der Waals surface area contributed by atoms with E-state index in [1.165, 1.54) is 0 Å². The third kappa shape index (κ3) is 3.47. The van der Waals surface area contributed by atoms with E-state index in [4.69, 9.17) is 10.5 Å². The monoisotopic (exact) mass is 262 g/mol. The molecule has 19 heavy (non-hydrogen) atoms. The van der Waals surface area contributed by atoms with Gasteiger partial charge < -0.3 is 15.8 Å².